The van der Waals surface area contributed by atoms with E-state index in [1.165, 1.54) is 12.1 Å². The summed E-state index contributed by atoms with van der Waals surface area (Å²) < 4.78 is 150. The van der Waals surface area contributed by atoms with Crippen LogP contribution < -0.4 is 4.90 Å². The van der Waals surface area contributed by atoms with Crippen LogP contribution in [0.4, 0.5) is 61.0 Å². The van der Waals surface area contributed by atoms with Gasteiger partial charge in [-0.1, -0.05) is 48.0 Å². The minimum Gasteiger partial charge on any atom is -0.309 e. The number of benzene rings is 7. The zero-order valence-corrected chi connectivity index (χ0v) is 28.1. The van der Waals surface area contributed by atoms with Gasteiger partial charge in [0.05, 0.1) is 22.2 Å². The fraction of sp³-hybridized carbons (Fsp3) is 0.0233. The largest absolute Gasteiger partial charge is 0.309 e. The van der Waals surface area contributed by atoms with Gasteiger partial charge >= 0.3 is 0 Å². The van der Waals surface area contributed by atoms with E-state index in [1.54, 1.807) is 12.1 Å². The van der Waals surface area contributed by atoms with Crippen molar-refractivity contribution in [2.75, 3.05) is 4.90 Å². The van der Waals surface area contributed by atoms with E-state index in [4.69, 9.17) is 0 Å². The molecule has 0 atom stereocenters. The highest BCUT2D eigenvalue weighted by Crippen LogP contribution is 2.45. The van der Waals surface area contributed by atoms with E-state index in [9.17, 15) is 26.3 Å². The summed E-state index contributed by atoms with van der Waals surface area (Å²) in [6.45, 7) is 1.98. The molecule has 55 heavy (non-hydrogen) atoms. The van der Waals surface area contributed by atoms with Crippen LogP contribution in [0, 0.1) is 65.1 Å². The van der Waals surface area contributed by atoms with Crippen LogP contribution in [-0.2, 0) is 0 Å². The molecule has 0 aliphatic carbocycles. The van der Waals surface area contributed by atoms with Gasteiger partial charge in [-0.3, -0.25) is 0 Å². The van der Waals surface area contributed by atoms with Crippen molar-refractivity contribution in [1.82, 2.24) is 4.57 Å². The van der Waals surface area contributed by atoms with Gasteiger partial charge in [-0.2, -0.15) is 0 Å². The molecule has 0 saturated carbocycles. The zero-order chi connectivity index (χ0) is 38.9. The molecular weight excluding hydrogens is 734 g/mol. The van der Waals surface area contributed by atoms with Crippen LogP contribution in [0.5, 0.6) is 0 Å². The summed E-state index contributed by atoms with van der Waals surface area (Å²) in [5, 5.41) is 1.92. The first kappa shape index (κ1) is 35.5. The fourth-order valence-electron chi connectivity index (χ4n) is 6.83. The third kappa shape index (κ3) is 5.67. The summed E-state index contributed by atoms with van der Waals surface area (Å²) in [6, 6.07) is 31.5. The number of nitrogens with zero attached hydrogens (tertiary/aromatic N) is 2. The number of para-hydroxylation sites is 1. The van der Waals surface area contributed by atoms with E-state index in [0.29, 0.717) is 10.5 Å². The molecule has 0 radical (unpaired) electrons. The molecule has 0 saturated heterocycles. The lowest BCUT2D eigenvalue weighted by atomic mass is 9.99. The minimum atomic E-state index is -2.66. The third-order valence-electron chi connectivity index (χ3n) is 9.40. The Kier molecular flexibility index (Phi) is 8.63. The van der Waals surface area contributed by atoms with Crippen molar-refractivity contribution in [2.24, 2.45) is 0 Å². The molecule has 7 aromatic carbocycles. The number of hydrogen-bond acceptors (Lipinski definition) is 1. The molecule has 12 heteroatoms. The van der Waals surface area contributed by atoms with Crippen molar-refractivity contribution in [3.63, 3.8) is 0 Å². The highest BCUT2D eigenvalue weighted by atomic mass is 19.2. The highest BCUT2D eigenvalue weighted by Gasteiger charge is 2.36. The van der Waals surface area contributed by atoms with Crippen molar-refractivity contribution in [2.45, 2.75) is 6.92 Å². The Bertz CT molecular complexity index is 2760. The average molecular weight is 757 g/mol. The molecule has 0 spiro atoms. The second kappa shape index (κ2) is 13.4. The number of aryl methyl sites for hydroxylation is 1. The molecule has 0 aliphatic rings. The Hall–Kier alpha value is -6.56. The average Bonchev–Trinajstić information content (AvgIpc) is 3.52. The summed E-state index contributed by atoms with van der Waals surface area (Å²) in [7, 11) is 0. The van der Waals surface area contributed by atoms with Gasteiger partial charge < -0.3 is 9.47 Å². The van der Waals surface area contributed by atoms with E-state index in [1.807, 2.05) is 67.6 Å². The van der Waals surface area contributed by atoms with Crippen molar-refractivity contribution in [3.8, 4) is 27.9 Å². The molecule has 8 aromatic rings. The van der Waals surface area contributed by atoms with E-state index in [2.05, 4.69) is 10.6 Å². The van der Waals surface area contributed by atoms with Gasteiger partial charge in [-0.05, 0) is 90.8 Å². The maximum atomic E-state index is 16.0. The summed E-state index contributed by atoms with van der Waals surface area (Å²) in [5.74, 6) is -23.3. The van der Waals surface area contributed by atoms with E-state index >= 15 is 17.6 Å². The molecule has 0 N–H and O–H groups in total. The Morgan fingerprint density at radius 1 is 0.418 bits per heavy atom. The second-order valence-electron chi connectivity index (χ2n) is 12.7. The predicted molar refractivity (Wildman–Crippen MR) is 191 cm³/mol. The maximum absolute atomic E-state index is 16.0. The number of hydrogen-bond donors (Lipinski definition) is 0. The van der Waals surface area contributed by atoms with E-state index < -0.39 is 75.0 Å². The minimum absolute atomic E-state index is 0.103. The van der Waals surface area contributed by atoms with Gasteiger partial charge in [0.15, 0.2) is 46.5 Å². The number of aromatic nitrogens is 1. The summed E-state index contributed by atoms with van der Waals surface area (Å²) >= 11 is 0. The Morgan fingerprint density at radius 2 is 0.873 bits per heavy atom. The maximum Gasteiger partial charge on any atom is 0.200 e. The molecule has 2 nitrogen and oxygen atoms in total. The molecular formula is C43H22F10N2. The molecule has 0 aliphatic heterocycles. The predicted octanol–water partition coefficient (Wildman–Crippen LogP) is 13.3. The van der Waals surface area contributed by atoms with Crippen LogP contribution in [-0.4, -0.2) is 4.57 Å². The quantitative estimate of drug-likeness (QED) is 0.0932. The molecule has 0 amide bonds. The van der Waals surface area contributed by atoms with Gasteiger partial charge in [0.1, 0.15) is 11.5 Å². The van der Waals surface area contributed by atoms with Crippen LogP contribution >= 0.6 is 0 Å². The van der Waals surface area contributed by atoms with Crippen LogP contribution in [0.3, 0.4) is 0 Å². The molecule has 274 valence electrons. The summed E-state index contributed by atoms with van der Waals surface area (Å²) in [4.78, 5) is 0.682. The number of halogens is 10. The molecule has 0 bridgehead atoms. The standard InChI is InChI=1S/C43H22F10N2/c1-21-7-17-30-28(19-21)29-20-23(10-18-31(29)55(30)25-5-3-2-4-6-25)22-8-13-26(14-9-22)54(27-15-11-24(44)12-16-27)43-41(52)36(47)33(37(48)42(43)53)32-34(45)38(49)40(51)39(50)35(32)46/h2-20H,1H3. The smallest absolute Gasteiger partial charge is 0.200 e. The highest BCUT2D eigenvalue weighted by molar-refractivity contribution is 6.10. The summed E-state index contributed by atoms with van der Waals surface area (Å²) in [5.41, 5.74) is -0.850. The van der Waals surface area contributed by atoms with Gasteiger partial charge in [0.2, 0.25) is 5.82 Å². The fourth-order valence-corrected chi connectivity index (χ4v) is 6.83. The third-order valence-corrected chi connectivity index (χ3v) is 9.40. The molecule has 1 heterocycles. The van der Waals surface area contributed by atoms with Crippen LogP contribution in [0.25, 0.3) is 49.7 Å². The molecule has 8 rings (SSSR count). The van der Waals surface area contributed by atoms with Gasteiger partial charge in [-0.25, -0.2) is 43.9 Å². The van der Waals surface area contributed by atoms with Gasteiger partial charge in [-0.15, -0.1) is 0 Å². The monoisotopic (exact) mass is 756 g/mol. The van der Waals surface area contributed by atoms with E-state index in [0.717, 1.165) is 62.9 Å². The Labute approximate surface area is 305 Å². The molecule has 0 fully saturated rings. The SMILES string of the molecule is Cc1ccc2c(c1)c1cc(-c3ccc(N(c4ccc(F)cc4)c4c(F)c(F)c(-c5c(F)c(F)c(F)c(F)c5F)c(F)c4F)cc3)ccc1n2-c1ccccc1. The number of fused-ring (bicyclic) bond motifs is 3. The van der Waals surface area contributed by atoms with Crippen LogP contribution in [0.15, 0.2) is 115 Å². The topological polar surface area (TPSA) is 8.17 Å². The van der Waals surface area contributed by atoms with E-state index in [-0.39, 0.29) is 11.4 Å². The van der Waals surface area contributed by atoms with Crippen LogP contribution in [0.1, 0.15) is 5.56 Å². The lowest BCUT2D eigenvalue weighted by Gasteiger charge is -2.27. The van der Waals surface area contributed by atoms with Crippen molar-refractivity contribution < 1.29 is 43.9 Å². The van der Waals surface area contributed by atoms with Crippen molar-refractivity contribution in [3.05, 3.63) is 179 Å². The first-order chi connectivity index (χ1) is 26.4. The normalized spacial score (nSPS) is 11.5. The van der Waals surface area contributed by atoms with Crippen molar-refractivity contribution in [1.29, 1.82) is 0 Å². The number of rotatable bonds is 6. The van der Waals surface area contributed by atoms with Gasteiger partial charge in [0.25, 0.3) is 0 Å². The van der Waals surface area contributed by atoms with Gasteiger partial charge in [0, 0.05) is 27.8 Å². The molecule has 1 aromatic heterocycles. The molecule has 0 unspecified atom stereocenters. The second-order valence-corrected chi connectivity index (χ2v) is 12.7. The van der Waals surface area contributed by atoms with Crippen molar-refractivity contribution >= 4 is 38.9 Å². The first-order valence-electron chi connectivity index (χ1n) is 16.5. The lowest BCUT2D eigenvalue weighted by molar-refractivity contribution is 0.379. The first-order valence-corrected chi connectivity index (χ1v) is 16.5. The number of anilines is 3. The zero-order valence-electron chi connectivity index (χ0n) is 28.1. The summed E-state index contributed by atoms with van der Waals surface area (Å²) in [6.07, 6.45) is 0. The lowest BCUT2D eigenvalue weighted by Crippen LogP contribution is -2.17. The Morgan fingerprint density at radius 3 is 1.44 bits per heavy atom. The Balaban J connectivity index is 1.27. The van der Waals surface area contributed by atoms with Crippen LogP contribution in [0.2, 0.25) is 0 Å².